The zero-order valence-corrected chi connectivity index (χ0v) is 13.0. The lowest BCUT2D eigenvalue weighted by molar-refractivity contribution is -0.154. The SMILES string of the molecule is CCOCC(C(C)C)N1C(=O)NC(=O)C2(CCCC2)C1=O. The molecular weight excluding hydrogens is 272 g/mol. The van der Waals surface area contributed by atoms with Crippen LogP contribution in [0.1, 0.15) is 46.5 Å². The molecule has 6 heteroatoms. The van der Waals surface area contributed by atoms with E-state index in [2.05, 4.69) is 5.32 Å². The van der Waals surface area contributed by atoms with E-state index in [0.717, 1.165) is 12.8 Å². The summed E-state index contributed by atoms with van der Waals surface area (Å²) < 4.78 is 5.43. The Morgan fingerprint density at radius 3 is 2.38 bits per heavy atom. The van der Waals surface area contributed by atoms with Gasteiger partial charge in [0, 0.05) is 6.61 Å². The van der Waals surface area contributed by atoms with E-state index in [-0.39, 0.29) is 17.9 Å². The van der Waals surface area contributed by atoms with Crippen LogP contribution in [0.3, 0.4) is 0 Å². The summed E-state index contributed by atoms with van der Waals surface area (Å²) in [6, 6.07) is -0.955. The number of rotatable bonds is 5. The van der Waals surface area contributed by atoms with Gasteiger partial charge in [-0.2, -0.15) is 0 Å². The number of carbonyl (C=O) groups is 3. The van der Waals surface area contributed by atoms with Crippen LogP contribution in [0, 0.1) is 11.3 Å². The lowest BCUT2D eigenvalue weighted by Crippen LogP contribution is -2.66. The number of urea groups is 1. The molecule has 0 radical (unpaired) electrons. The van der Waals surface area contributed by atoms with Gasteiger partial charge < -0.3 is 4.74 Å². The molecule has 4 amide bonds. The molecule has 0 aromatic heterocycles. The van der Waals surface area contributed by atoms with Gasteiger partial charge in [-0.1, -0.05) is 26.7 Å². The zero-order chi connectivity index (χ0) is 15.6. The van der Waals surface area contributed by atoms with Gasteiger partial charge in [0.25, 0.3) is 0 Å². The van der Waals surface area contributed by atoms with Gasteiger partial charge in [0.05, 0.1) is 12.6 Å². The largest absolute Gasteiger partial charge is 0.380 e. The summed E-state index contributed by atoms with van der Waals surface area (Å²) >= 11 is 0. The van der Waals surface area contributed by atoms with Gasteiger partial charge in [-0.3, -0.25) is 19.8 Å². The summed E-state index contributed by atoms with van der Waals surface area (Å²) in [4.78, 5) is 38.5. The number of nitrogens with one attached hydrogen (secondary N) is 1. The predicted molar refractivity (Wildman–Crippen MR) is 76.4 cm³/mol. The summed E-state index contributed by atoms with van der Waals surface area (Å²) in [5, 5.41) is 2.38. The monoisotopic (exact) mass is 296 g/mol. The molecule has 2 aliphatic rings. The second-order valence-corrected chi connectivity index (χ2v) is 6.19. The smallest absolute Gasteiger partial charge is 0.331 e. The Hall–Kier alpha value is -1.43. The molecule has 1 N–H and O–H groups in total. The number of carbonyl (C=O) groups excluding carboxylic acids is 3. The number of amides is 4. The molecule has 1 saturated heterocycles. The maximum absolute atomic E-state index is 12.9. The second kappa shape index (κ2) is 6.13. The number of hydrogen-bond acceptors (Lipinski definition) is 4. The topological polar surface area (TPSA) is 75.7 Å². The molecule has 0 bridgehead atoms. The first-order valence-corrected chi connectivity index (χ1v) is 7.71. The highest BCUT2D eigenvalue weighted by Crippen LogP contribution is 2.42. The zero-order valence-electron chi connectivity index (χ0n) is 13.0. The van der Waals surface area contributed by atoms with Gasteiger partial charge in [0.2, 0.25) is 11.8 Å². The summed E-state index contributed by atoms with van der Waals surface area (Å²) in [6.07, 6.45) is 2.75. The molecule has 1 aliphatic heterocycles. The van der Waals surface area contributed by atoms with Crippen molar-refractivity contribution in [3.63, 3.8) is 0 Å². The fourth-order valence-corrected chi connectivity index (χ4v) is 3.22. The number of barbiturate groups is 1. The van der Waals surface area contributed by atoms with Crippen LogP contribution in [-0.4, -0.2) is 42.0 Å². The van der Waals surface area contributed by atoms with Crippen molar-refractivity contribution in [1.82, 2.24) is 10.2 Å². The molecule has 1 aliphatic carbocycles. The Bertz CT molecular complexity index is 441. The molecule has 1 atom stereocenters. The van der Waals surface area contributed by atoms with Gasteiger partial charge in [-0.25, -0.2) is 4.79 Å². The summed E-state index contributed by atoms with van der Waals surface area (Å²) in [5.41, 5.74) is -1.03. The Balaban J connectivity index is 2.29. The predicted octanol–water partition coefficient (Wildman–Crippen LogP) is 1.69. The van der Waals surface area contributed by atoms with E-state index in [1.54, 1.807) is 0 Å². The van der Waals surface area contributed by atoms with Crippen LogP contribution in [0.2, 0.25) is 0 Å². The fraction of sp³-hybridized carbons (Fsp3) is 0.800. The Morgan fingerprint density at radius 2 is 1.86 bits per heavy atom. The highest BCUT2D eigenvalue weighted by Gasteiger charge is 2.56. The number of ether oxygens (including phenoxy) is 1. The number of imide groups is 2. The molecule has 2 rings (SSSR count). The number of hydrogen-bond donors (Lipinski definition) is 1. The average Bonchev–Trinajstić information content (AvgIpc) is 2.91. The Labute approximate surface area is 125 Å². The third-order valence-electron chi connectivity index (χ3n) is 4.55. The van der Waals surface area contributed by atoms with Gasteiger partial charge in [-0.05, 0) is 25.7 Å². The molecule has 0 aromatic rings. The van der Waals surface area contributed by atoms with E-state index in [4.69, 9.17) is 4.74 Å². The molecule has 1 heterocycles. The average molecular weight is 296 g/mol. The van der Waals surface area contributed by atoms with Crippen LogP contribution in [0.4, 0.5) is 4.79 Å². The molecule has 1 spiro atoms. The maximum atomic E-state index is 12.9. The maximum Gasteiger partial charge on any atom is 0.331 e. The standard InChI is InChI=1S/C15H24N2O4/c1-4-21-9-11(10(2)3)17-13(19)15(7-5-6-8-15)12(18)16-14(17)20/h10-11H,4-9H2,1-3H3,(H,16,18,20). The van der Waals surface area contributed by atoms with E-state index in [1.165, 1.54) is 4.90 Å². The first-order valence-electron chi connectivity index (χ1n) is 7.71. The van der Waals surface area contributed by atoms with Crippen molar-refractivity contribution in [2.45, 2.75) is 52.5 Å². The van der Waals surface area contributed by atoms with E-state index in [9.17, 15) is 14.4 Å². The van der Waals surface area contributed by atoms with Crippen molar-refractivity contribution in [3.05, 3.63) is 0 Å². The molecule has 118 valence electrons. The van der Waals surface area contributed by atoms with Gasteiger partial charge in [0.1, 0.15) is 5.41 Å². The van der Waals surface area contributed by atoms with Crippen molar-refractivity contribution < 1.29 is 19.1 Å². The van der Waals surface area contributed by atoms with Crippen molar-refractivity contribution in [1.29, 1.82) is 0 Å². The van der Waals surface area contributed by atoms with Crippen molar-refractivity contribution in [3.8, 4) is 0 Å². The minimum atomic E-state index is -1.03. The van der Waals surface area contributed by atoms with Crippen LogP contribution in [-0.2, 0) is 14.3 Å². The highest BCUT2D eigenvalue weighted by molar-refractivity contribution is 6.19. The van der Waals surface area contributed by atoms with E-state index in [1.807, 2.05) is 20.8 Å². The van der Waals surface area contributed by atoms with Crippen LogP contribution in [0.25, 0.3) is 0 Å². The summed E-state index contributed by atoms with van der Waals surface area (Å²) in [6.45, 7) is 6.59. The number of nitrogens with zero attached hydrogens (tertiary/aromatic N) is 1. The van der Waals surface area contributed by atoms with Crippen LogP contribution in [0.15, 0.2) is 0 Å². The second-order valence-electron chi connectivity index (χ2n) is 6.19. The first kappa shape index (κ1) is 15.9. The van der Waals surface area contributed by atoms with Crippen molar-refractivity contribution in [2.75, 3.05) is 13.2 Å². The summed E-state index contributed by atoms with van der Waals surface area (Å²) in [5.74, 6) is -0.699. The lowest BCUT2D eigenvalue weighted by Gasteiger charge is -2.41. The van der Waals surface area contributed by atoms with E-state index >= 15 is 0 Å². The van der Waals surface area contributed by atoms with Crippen LogP contribution in [0.5, 0.6) is 0 Å². The lowest BCUT2D eigenvalue weighted by atomic mass is 9.81. The fourth-order valence-electron chi connectivity index (χ4n) is 3.22. The van der Waals surface area contributed by atoms with Crippen molar-refractivity contribution >= 4 is 17.8 Å². The Morgan fingerprint density at radius 1 is 1.24 bits per heavy atom. The van der Waals surface area contributed by atoms with Crippen LogP contribution >= 0.6 is 0 Å². The third kappa shape index (κ3) is 2.69. The highest BCUT2D eigenvalue weighted by atomic mass is 16.5. The first-order chi connectivity index (χ1) is 9.94. The van der Waals surface area contributed by atoms with Gasteiger partial charge in [0.15, 0.2) is 0 Å². The minimum Gasteiger partial charge on any atom is -0.380 e. The molecule has 1 saturated carbocycles. The molecule has 6 nitrogen and oxygen atoms in total. The van der Waals surface area contributed by atoms with Gasteiger partial charge in [-0.15, -0.1) is 0 Å². The van der Waals surface area contributed by atoms with Gasteiger partial charge >= 0.3 is 6.03 Å². The normalized spacial score (nSPS) is 23.0. The third-order valence-corrected chi connectivity index (χ3v) is 4.55. The van der Waals surface area contributed by atoms with E-state index < -0.39 is 17.4 Å². The molecule has 21 heavy (non-hydrogen) atoms. The minimum absolute atomic E-state index is 0.0675. The summed E-state index contributed by atoms with van der Waals surface area (Å²) in [7, 11) is 0. The molecule has 0 aromatic carbocycles. The molecule has 1 unspecified atom stereocenters. The van der Waals surface area contributed by atoms with Crippen molar-refractivity contribution in [2.24, 2.45) is 11.3 Å². The quantitative estimate of drug-likeness (QED) is 0.783. The van der Waals surface area contributed by atoms with Crippen LogP contribution < -0.4 is 5.32 Å². The molecular formula is C15H24N2O4. The Kier molecular flexibility index (Phi) is 4.66. The molecule has 2 fully saturated rings. The van der Waals surface area contributed by atoms with E-state index in [0.29, 0.717) is 26.1 Å².